The van der Waals surface area contributed by atoms with Crippen molar-refractivity contribution in [1.82, 2.24) is 19.4 Å². The molecular weight excluding hydrogens is 400 g/mol. The van der Waals surface area contributed by atoms with Gasteiger partial charge in [-0.1, -0.05) is 24.3 Å². The molecule has 30 heavy (non-hydrogen) atoms. The van der Waals surface area contributed by atoms with Crippen LogP contribution in [0.25, 0.3) is 11.5 Å². The Balaban J connectivity index is 1.60. The molecule has 0 spiro atoms. The van der Waals surface area contributed by atoms with E-state index in [0.29, 0.717) is 18.0 Å². The first-order valence-electron chi connectivity index (χ1n) is 10.1. The second-order valence-corrected chi connectivity index (χ2v) is 10.0. The fourth-order valence-corrected chi connectivity index (χ4v) is 5.60. The molecule has 3 heterocycles. The zero-order valence-electron chi connectivity index (χ0n) is 17.8. The van der Waals surface area contributed by atoms with Gasteiger partial charge < -0.3 is 9.32 Å². The highest BCUT2D eigenvalue weighted by Crippen LogP contribution is 2.38. The number of sulfonamides is 1. The minimum absolute atomic E-state index is 0.0336. The van der Waals surface area contributed by atoms with Crippen molar-refractivity contribution in [2.75, 3.05) is 20.6 Å². The molecule has 7 nitrogen and oxygen atoms in total. The molecule has 1 atom stereocenters. The van der Waals surface area contributed by atoms with E-state index < -0.39 is 10.0 Å². The Kier molecular flexibility index (Phi) is 5.57. The van der Waals surface area contributed by atoms with Crippen molar-refractivity contribution < 1.29 is 12.8 Å². The van der Waals surface area contributed by atoms with Crippen LogP contribution in [0.3, 0.4) is 0 Å². The van der Waals surface area contributed by atoms with Gasteiger partial charge in [0.2, 0.25) is 5.09 Å². The molecule has 1 fully saturated rings. The Morgan fingerprint density at radius 2 is 1.90 bits per heavy atom. The summed E-state index contributed by atoms with van der Waals surface area (Å²) >= 11 is 0. The van der Waals surface area contributed by atoms with Crippen LogP contribution in [0.5, 0.6) is 0 Å². The zero-order chi connectivity index (χ0) is 21.5. The lowest BCUT2D eigenvalue weighted by atomic mass is 10.0. The number of nitrogens with zero attached hydrogens (tertiary/aromatic N) is 3. The minimum Gasteiger partial charge on any atom is -0.442 e. The second-order valence-electron chi connectivity index (χ2n) is 8.19. The molecule has 1 saturated heterocycles. The van der Waals surface area contributed by atoms with Gasteiger partial charge in [-0.3, -0.25) is 5.10 Å². The van der Waals surface area contributed by atoms with E-state index in [-0.39, 0.29) is 11.1 Å². The molecule has 1 aromatic carbocycles. The standard InChI is InChI=1S/C22H28N4O3S/c1-15-16(2)23-24-22(15)20-11-12-21(29-20)30(27,28)26-13-5-6-19(26)18-9-7-17(8-10-18)14-25(3)4/h7-12,19H,5-6,13-14H2,1-4H3,(H,23,24). The monoisotopic (exact) mass is 428 g/mol. The molecule has 0 amide bonds. The van der Waals surface area contributed by atoms with Gasteiger partial charge in [0.1, 0.15) is 5.69 Å². The van der Waals surface area contributed by atoms with Gasteiger partial charge >= 0.3 is 0 Å². The fourth-order valence-electron chi connectivity index (χ4n) is 4.00. The lowest BCUT2D eigenvalue weighted by molar-refractivity contribution is 0.370. The van der Waals surface area contributed by atoms with Gasteiger partial charge in [0.05, 0.1) is 6.04 Å². The summed E-state index contributed by atoms with van der Waals surface area (Å²) in [4.78, 5) is 2.11. The number of H-pyrrole nitrogens is 1. The summed E-state index contributed by atoms with van der Waals surface area (Å²) in [7, 11) is 0.323. The van der Waals surface area contributed by atoms with Gasteiger partial charge in [-0.25, -0.2) is 8.42 Å². The lowest BCUT2D eigenvalue weighted by Gasteiger charge is -2.23. The Morgan fingerprint density at radius 1 is 1.17 bits per heavy atom. The molecule has 0 bridgehead atoms. The maximum Gasteiger partial charge on any atom is 0.277 e. The predicted molar refractivity (Wildman–Crippen MR) is 115 cm³/mol. The van der Waals surface area contributed by atoms with Gasteiger partial charge in [0.15, 0.2) is 5.76 Å². The quantitative estimate of drug-likeness (QED) is 0.644. The summed E-state index contributed by atoms with van der Waals surface area (Å²) < 4.78 is 34.1. The van der Waals surface area contributed by atoms with Crippen LogP contribution >= 0.6 is 0 Å². The largest absolute Gasteiger partial charge is 0.442 e. The van der Waals surface area contributed by atoms with Crippen LogP contribution in [0.4, 0.5) is 0 Å². The first-order valence-corrected chi connectivity index (χ1v) is 11.6. The van der Waals surface area contributed by atoms with Gasteiger partial charge in [-0.2, -0.15) is 9.40 Å². The summed E-state index contributed by atoms with van der Waals surface area (Å²) in [5.41, 5.74) is 4.75. The SMILES string of the molecule is Cc1[nH]nc(-c2ccc(S(=O)(=O)N3CCCC3c3ccc(CN(C)C)cc3)o2)c1C. The average Bonchev–Trinajstić information content (AvgIpc) is 3.43. The lowest BCUT2D eigenvalue weighted by Crippen LogP contribution is -2.30. The average molecular weight is 429 g/mol. The maximum atomic E-state index is 13.4. The number of aromatic nitrogens is 2. The number of aryl methyl sites for hydroxylation is 1. The molecule has 2 aromatic heterocycles. The first-order chi connectivity index (χ1) is 14.3. The van der Waals surface area contributed by atoms with Gasteiger partial charge in [-0.05, 0) is 64.0 Å². The summed E-state index contributed by atoms with van der Waals surface area (Å²) in [5, 5.41) is 7.12. The number of hydrogen-bond donors (Lipinski definition) is 1. The highest BCUT2D eigenvalue weighted by Gasteiger charge is 2.38. The highest BCUT2D eigenvalue weighted by atomic mass is 32.2. The molecule has 0 saturated carbocycles. The molecule has 1 aliphatic heterocycles. The van der Waals surface area contributed by atoms with Crippen molar-refractivity contribution in [3.8, 4) is 11.5 Å². The summed E-state index contributed by atoms with van der Waals surface area (Å²) in [6.45, 7) is 5.20. The van der Waals surface area contributed by atoms with Crippen molar-refractivity contribution in [3.63, 3.8) is 0 Å². The molecule has 0 radical (unpaired) electrons. The third kappa shape index (κ3) is 3.82. The predicted octanol–water partition coefficient (Wildman–Crippen LogP) is 3.87. The van der Waals surface area contributed by atoms with Crippen LogP contribution in [0.2, 0.25) is 0 Å². The molecular formula is C22H28N4O3S. The van der Waals surface area contributed by atoms with Crippen LogP contribution in [0.15, 0.2) is 45.9 Å². The van der Waals surface area contributed by atoms with Gasteiger partial charge in [0.25, 0.3) is 10.0 Å². The van der Waals surface area contributed by atoms with Crippen LogP contribution in [0, 0.1) is 13.8 Å². The normalized spacial score (nSPS) is 17.8. The van der Waals surface area contributed by atoms with Crippen LogP contribution in [0.1, 0.15) is 41.3 Å². The van der Waals surface area contributed by atoms with E-state index in [1.54, 1.807) is 10.4 Å². The molecule has 160 valence electrons. The number of furan rings is 1. The maximum absolute atomic E-state index is 13.4. The molecule has 0 aliphatic carbocycles. The van der Waals surface area contributed by atoms with E-state index in [0.717, 1.165) is 36.2 Å². The molecule has 1 aliphatic rings. The van der Waals surface area contributed by atoms with E-state index in [2.05, 4.69) is 27.2 Å². The molecule has 3 aromatic rings. The second kappa shape index (κ2) is 8.02. The van der Waals surface area contributed by atoms with Crippen molar-refractivity contribution in [3.05, 3.63) is 58.8 Å². The van der Waals surface area contributed by atoms with Crippen LogP contribution in [-0.4, -0.2) is 48.5 Å². The van der Waals surface area contributed by atoms with Gasteiger partial charge in [-0.15, -0.1) is 0 Å². The summed E-state index contributed by atoms with van der Waals surface area (Å²) in [6.07, 6.45) is 1.63. The Morgan fingerprint density at radius 3 is 2.53 bits per heavy atom. The van der Waals surface area contributed by atoms with Gasteiger partial charge in [0, 0.05) is 24.3 Å². The van der Waals surface area contributed by atoms with Crippen LogP contribution < -0.4 is 0 Å². The van der Waals surface area contributed by atoms with Crippen molar-refractivity contribution in [2.24, 2.45) is 0 Å². The Bertz CT molecular complexity index is 1130. The van der Waals surface area contributed by atoms with E-state index in [1.807, 2.05) is 40.1 Å². The smallest absolute Gasteiger partial charge is 0.277 e. The number of hydrogen-bond acceptors (Lipinski definition) is 5. The van der Waals surface area contributed by atoms with Crippen molar-refractivity contribution in [2.45, 2.75) is 44.4 Å². The number of nitrogens with one attached hydrogen (secondary N) is 1. The topological polar surface area (TPSA) is 82.4 Å². The third-order valence-corrected chi connectivity index (χ3v) is 7.48. The first kappa shape index (κ1) is 20.8. The van der Waals surface area contributed by atoms with E-state index in [9.17, 15) is 8.42 Å². The van der Waals surface area contributed by atoms with E-state index in [4.69, 9.17) is 4.42 Å². The van der Waals surface area contributed by atoms with E-state index >= 15 is 0 Å². The molecule has 1 N–H and O–H groups in total. The fraction of sp³-hybridized carbons (Fsp3) is 0.409. The van der Waals surface area contributed by atoms with E-state index in [1.165, 1.54) is 11.6 Å². The number of rotatable bonds is 6. The van der Waals surface area contributed by atoms with Crippen molar-refractivity contribution >= 4 is 10.0 Å². The zero-order valence-corrected chi connectivity index (χ0v) is 18.7. The Labute approximate surface area is 177 Å². The third-order valence-electron chi connectivity index (χ3n) is 5.70. The highest BCUT2D eigenvalue weighted by molar-refractivity contribution is 7.89. The number of aromatic amines is 1. The molecule has 4 rings (SSSR count). The molecule has 1 unspecified atom stereocenters. The van der Waals surface area contributed by atoms with Crippen LogP contribution in [-0.2, 0) is 16.6 Å². The summed E-state index contributed by atoms with van der Waals surface area (Å²) in [6, 6.07) is 11.3. The Hall–Kier alpha value is -2.42. The molecule has 8 heteroatoms. The number of benzene rings is 1. The summed E-state index contributed by atoms with van der Waals surface area (Å²) in [5.74, 6) is 0.458. The van der Waals surface area contributed by atoms with Crippen molar-refractivity contribution in [1.29, 1.82) is 0 Å². The minimum atomic E-state index is -3.74.